The second-order valence-corrected chi connectivity index (χ2v) is 7.55. The first-order valence-corrected chi connectivity index (χ1v) is 10.6. The number of nitrogens with one attached hydrogen (secondary N) is 2. The molecule has 160 valence electrons. The molecule has 3 aromatic carbocycles. The highest BCUT2D eigenvalue weighted by molar-refractivity contribution is 9.10. The minimum Gasteiger partial charge on any atom is -0.490 e. The Morgan fingerprint density at radius 3 is 2.42 bits per heavy atom. The van der Waals surface area contributed by atoms with Gasteiger partial charge >= 0.3 is 0 Å². The minimum atomic E-state index is -0.250. The number of hydrogen-bond donors (Lipinski definition) is 2. The average Bonchev–Trinajstić information content (AvgIpc) is 2.77. The quantitative estimate of drug-likeness (QED) is 0.307. The number of hydrazone groups is 1. The number of amides is 1. The molecule has 6 nitrogen and oxygen atoms in total. The number of rotatable bonds is 9. The predicted molar refractivity (Wildman–Crippen MR) is 128 cm³/mol. The summed E-state index contributed by atoms with van der Waals surface area (Å²) in [5, 5.41) is 7.08. The summed E-state index contributed by atoms with van der Waals surface area (Å²) >= 11 is 3.53. The Labute approximate surface area is 190 Å². The number of anilines is 2. The van der Waals surface area contributed by atoms with E-state index in [0.717, 1.165) is 27.0 Å². The van der Waals surface area contributed by atoms with Crippen LogP contribution in [0.3, 0.4) is 0 Å². The first kappa shape index (κ1) is 22.4. The van der Waals surface area contributed by atoms with Gasteiger partial charge in [0.05, 0.1) is 18.5 Å². The Morgan fingerprint density at radius 1 is 1.00 bits per heavy atom. The molecule has 0 bridgehead atoms. The van der Waals surface area contributed by atoms with Crippen molar-refractivity contribution >= 4 is 39.4 Å². The van der Waals surface area contributed by atoms with Gasteiger partial charge in [-0.2, -0.15) is 5.10 Å². The summed E-state index contributed by atoms with van der Waals surface area (Å²) in [5.74, 6) is 0.760. The van der Waals surface area contributed by atoms with E-state index in [0.29, 0.717) is 18.1 Å². The molecule has 0 aliphatic heterocycles. The van der Waals surface area contributed by atoms with Crippen LogP contribution in [0.2, 0.25) is 0 Å². The lowest BCUT2D eigenvalue weighted by Gasteiger charge is -2.14. The molecule has 31 heavy (non-hydrogen) atoms. The summed E-state index contributed by atoms with van der Waals surface area (Å²) in [4.78, 5) is 12.2. The van der Waals surface area contributed by atoms with Gasteiger partial charge in [0.1, 0.15) is 0 Å². The molecule has 3 rings (SSSR count). The summed E-state index contributed by atoms with van der Waals surface area (Å²) in [6.45, 7) is 4.21. The molecule has 0 heterocycles. The Bertz CT molecular complexity index is 1040. The number of nitrogens with zero attached hydrogens (tertiary/aromatic N) is 1. The minimum absolute atomic E-state index is 0.136. The standard InChI is InChI=1S/C24H24BrN3O3/c1-3-30-22-13-18(15-26-28-20-7-5-4-6-8-20)21(25)14-23(22)31-16-24(29)27-19-11-9-17(2)10-12-19/h4-15,28H,3,16H2,1-2H3,(H,27,29). The fourth-order valence-corrected chi connectivity index (χ4v) is 3.12. The van der Waals surface area contributed by atoms with Crippen molar-refractivity contribution in [2.24, 2.45) is 5.10 Å². The molecular weight excluding hydrogens is 458 g/mol. The first-order chi connectivity index (χ1) is 15.0. The highest BCUT2D eigenvalue weighted by Gasteiger charge is 2.12. The van der Waals surface area contributed by atoms with E-state index in [1.54, 1.807) is 12.3 Å². The van der Waals surface area contributed by atoms with Gasteiger partial charge in [0.2, 0.25) is 0 Å². The fourth-order valence-electron chi connectivity index (χ4n) is 2.70. The van der Waals surface area contributed by atoms with E-state index >= 15 is 0 Å². The van der Waals surface area contributed by atoms with Gasteiger partial charge in [-0.25, -0.2) is 0 Å². The van der Waals surface area contributed by atoms with Crippen molar-refractivity contribution < 1.29 is 14.3 Å². The number of aryl methyl sites for hydroxylation is 1. The van der Waals surface area contributed by atoms with Gasteiger partial charge in [0.25, 0.3) is 5.91 Å². The van der Waals surface area contributed by atoms with Crippen LogP contribution >= 0.6 is 15.9 Å². The molecule has 7 heteroatoms. The van der Waals surface area contributed by atoms with Crippen LogP contribution in [0.25, 0.3) is 0 Å². The largest absolute Gasteiger partial charge is 0.490 e. The Hall–Kier alpha value is -3.32. The lowest BCUT2D eigenvalue weighted by Crippen LogP contribution is -2.20. The number of halogens is 1. The van der Waals surface area contributed by atoms with Crippen LogP contribution in [0.1, 0.15) is 18.1 Å². The lowest BCUT2D eigenvalue weighted by atomic mass is 10.2. The van der Waals surface area contributed by atoms with Crippen molar-refractivity contribution in [3.63, 3.8) is 0 Å². The summed E-state index contributed by atoms with van der Waals surface area (Å²) < 4.78 is 12.2. The number of benzene rings is 3. The molecule has 0 atom stereocenters. The smallest absolute Gasteiger partial charge is 0.262 e. The Balaban J connectivity index is 1.66. The van der Waals surface area contributed by atoms with Crippen molar-refractivity contribution in [1.29, 1.82) is 0 Å². The topological polar surface area (TPSA) is 71.9 Å². The fraction of sp³-hybridized carbons (Fsp3) is 0.167. The maximum Gasteiger partial charge on any atom is 0.262 e. The van der Waals surface area contributed by atoms with E-state index in [1.165, 1.54) is 0 Å². The van der Waals surface area contributed by atoms with Crippen molar-refractivity contribution in [2.75, 3.05) is 24.0 Å². The molecule has 0 saturated heterocycles. The van der Waals surface area contributed by atoms with Gasteiger partial charge in [-0.3, -0.25) is 10.2 Å². The molecule has 0 aromatic heterocycles. The number of ether oxygens (including phenoxy) is 2. The highest BCUT2D eigenvalue weighted by atomic mass is 79.9. The van der Waals surface area contributed by atoms with E-state index < -0.39 is 0 Å². The van der Waals surface area contributed by atoms with Crippen molar-refractivity contribution in [3.8, 4) is 11.5 Å². The molecule has 0 aliphatic rings. The summed E-state index contributed by atoms with van der Waals surface area (Å²) in [6, 6.07) is 20.8. The maximum atomic E-state index is 12.2. The van der Waals surface area contributed by atoms with Crippen LogP contribution in [-0.4, -0.2) is 25.3 Å². The molecule has 0 spiro atoms. The van der Waals surface area contributed by atoms with Gasteiger partial charge in [0, 0.05) is 15.7 Å². The van der Waals surface area contributed by atoms with E-state index in [4.69, 9.17) is 9.47 Å². The van der Waals surface area contributed by atoms with E-state index in [-0.39, 0.29) is 12.5 Å². The van der Waals surface area contributed by atoms with E-state index in [2.05, 4.69) is 31.8 Å². The third-order valence-corrected chi connectivity index (χ3v) is 4.91. The molecular formula is C24H24BrN3O3. The SMILES string of the molecule is CCOc1cc(C=NNc2ccccc2)c(Br)cc1OCC(=O)Nc1ccc(C)cc1. The predicted octanol–water partition coefficient (Wildman–Crippen LogP) is 5.62. The molecule has 0 fully saturated rings. The van der Waals surface area contributed by atoms with Crippen LogP contribution in [0, 0.1) is 6.92 Å². The van der Waals surface area contributed by atoms with Crippen LogP contribution in [-0.2, 0) is 4.79 Å². The van der Waals surface area contributed by atoms with Crippen LogP contribution in [0.4, 0.5) is 11.4 Å². The van der Waals surface area contributed by atoms with Gasteiger partial charge in [-0.05, 0) is 66.2 Å². The third kappa shape index (κ3) is 6.86. The normalized spacial score (nSPS) is 10.7. The van der Waals surface area contributed by atoms with Crippen molar-refractivity contribution in [3.05, 3.63) is 82.3 Å². The van der Waals surface area contributed by atoms with Gasteiger partial charge in [-0.15, -0.1) is 0 Å². The first-order valence-electron chi connectivity index (χ1n) is 9.85. The van der Waals surface area contributed by atoms with Crippen LogP contribution < -0.4 is 20.2 Å². The monoisotopic (exact) mass is 481 g/mol. The average molecular weight is 482 g/mol. The van der Waals surface area contributed by atoms with E-state index in [1.807, 2.05) is 74.5 Å². The van der Waals surface area contributed by atoms with E-state index in [9.17, 15) is 4.79 Å². The zero-order valence-corrected chi connectivity index (χ0v) is 19.0. The van der Waals surface area contributed by atoms with Crippen molar-refractivity contribution in [2.45, 2.75) is 13.8 Å². The molecule has 3 aromatic rings. The highest BCUT2D eigenvalue weighted by Crippen LogP contribution is 2.33. The molecule has 0 radical (unpaired) electrons. The molecule has 0 aliphatic carbocycles. The summed E-state index contributed by atoms with van der Waals surface area (Å²) in [5.41, 5.74) is 6.53. The van der Waals surface area contributed by atoms with Crippen LogP contribution in [0.5, 0.6) is 11.5 Å². The van der Waals surface area contributed by atoms with Gasteiger partial charge < -0.3 is 14.8 Å². The number of carbonyl (C=O) groups excluding carboxylic acids is 1. The Morgan fingerprint density at radius 2 is 1.71 bits per heavy atom. The van der Waals surface area contributed by atoms with Gasteiger partial charge in [0.15, 0.2) is 18.1 Å². The zero-order chi connectivity index (χ0) is 22.1. The maximum absolute atomic E-state index is 12.2. The molecule has 1 amide bonds. The third-order valence-electron chi connectivity index (χ3n) is 4.23. The second-order valence-electron chi connectivity index (χ2n) is 6.69. The second kappa shape index (κ2) is 11.2. The summed E-state index contributed by atoms with van der Waals surface area (Å²) in [7, 11) is 0. The lowest BCUT2D eigenvalue weighted by molar-refractivity contribution is -0.118. The molecule has 0 unspecified atom stereocenters. The Kier molecular flexibility index (Phi) is 8.06. The summed E-state index contributed by atoms with van der Waals surface area (Å²) in [6.07, 6.45) is 1.69. The number of para-hydroxylation sites is 1. The van der Waals surface area contributed by atoms with Crippen LogP contribution in [0.15, 0.2) is 76.3 Å². The zero-order valence-electron chi connectivity index (χ0n) is 17.4. The number of carbonyl (C=O) groups is 1. The number of hydrogen-bond acceptors (Lipinski definition) is 5. The van der Waals surface area contributed by atoms with Gasteiger partial charge in [-0.1, -0.05) is 35.9 Å². The van der Waals surface area contributed by atoms with Crippen molar-refractivity contribution in [1.82, 2.24) is 0 Å². The molecule has 0 saturated carbocycles. The molecule has 2 N–H and O–H groups in total.